The summed E-state index contributed by atoms with van der Waals surface area (Å²) in [6.45, 7) is 2.26. The van der Waals surface area contributed by atoms with E-state index in [1.165, 1.54) is 42.7 Å². The predicted molar refractivity (Wildman–Crippen MR) is 104 cm³/mol. The number of benzene rings is 2. The zero-order valence-corrected chi connectivity index (χ0v) is 16.1. The average molecular weight is 399 g/mol. The number of esters is 1. The molecule has 0 atom stereocenters. The Morgan fingerprint density at radius 3 is 2.75 bits per heavy atom. The maximum atomic E-state index is 12.6. The molecule has 0 fully saturated rings. The molecule has 0 saturated heterocycles. The quantitative estimate of drug-likeness (QED) is 0.372. The zero-order valence-electron chi connectivity index (χ0n) is 15.2. The fourth-order valence-corrected chi connectivity index (χ4v) is 3.84. The number of non-ortho nitro benzene ring substituents is 1. The van der Waals surface area contributed by atoms with Crippen LogP contribution in [0.5, 0.6) is 0 Å². The van der Waals surface area contributed by atoms with Crippen LogP contribution >= 0.6 is 11.3 Å². The molecular formula is C19H17N3O5S. The molecule has 0 saturated carbocycles. The smallest absolute Gasteiger partial charge is 0.307 e. The number of hydrogen-bond donors (Lipinski definition) is 0. The molecule has 2 aromatic carbocycles. The highest BCUT2D eigenvalue weighted by Gasteiger charge is 2.13. The molecule has 0 aliphatic rings. The molecule has 3 rings (SSSR count). The Labute approximate surface area is 163 Å². The van der Waals surface area contributed by atoms with E-state index in [1.54, 1.807) is 4.57 Å². The van der Waals surface area contributed by atoms with Gasteiger partial charge in [0.05, 0.1) is 28.7 Å². The molecule has 0 N–H and O–H groups in total. The van der Waals surface area contributed by atoms with Crippen molar-refractivity contribution in [3.63, 3.8) is 0 Å². The van der Waals surface area contributed by atoms with Crippen molar-refractivity contribution in [3.8, 4) is 0 Å². The molecule has 0 aliphatic heterocycles. The molecule has 1 aromatic heterocycles. The van der Waals surface area contributed by atoms with E-state index in [1.807, 2.05) is 25.1 Å². The van der Waals surface area contributed by atoms with Gasteiger partial charge in [-0.1, -0.05) is 23.5 Å². The van der Waals surface area contributed by atoms with E-state index in [0.29, 0.717) is 11.3 Å². The van der Waals surface area contributed by atoms with Gasteiger partial charge in [0, 0.05) is 24.2 Å². The van der Waals surface area contributed by atoms with Crippen molar-refractivity contribution in [1.29, 1.82) is 0 Å². The Bertz CT molecular complexity index is 1150. The van der Waals surface area contributed by atoms with Crippen molar-refractivity contribution >= 4 is 39.1 Å². The first-order valence-corrected chi connectivity index (χ1v) is 9.21. The zero-order chi connectivity index (χ0) is 20.3. The third kappa shape index (κ3) is 4.15. The second-order valence-electron chi connectivity index (χ2n) is 6.06. The number of hydrogen-bond acceptors (Lipinski definition) is 6. The number of carbonyl (C=O) groups is 2. The number of fused-ring (bicyclic) bond motifs is 1. The minimum absolute atomic E-state index is 0.127. The third-order valence-corrected chi connectivity index (χ3v) is 5.15. The largest absolute Gasteiger partial charge is 0.469 e. The van der Waals surface area contributed by atoms with Crippen molar-refractivity contribution in [1.82, 2.24) is 4.57 Å². The lowest BCUT2D eigenvalue weighted by Gasteiger charge is -2.04. The maximum absolute atomic E-state index is 12.6. The van der Waals surface area contributed by atoms with Crippen LogP contribution in [0.4, 0.5) is 5.69 Å². The van der Waals surface area contributed by atoms with Gasteiger partial charge in [0.1, 0.15) is 0 Å². The Morgan fingerprint density at radius 1 is 1.25 bits per heavy atom. The minimum Gasteiger partial charge on any atom is -0.469 e. The van der Waals surface area contributed by atoms with Crippen LogP contribution in [0.3, 0.4) is 0 Å². The molecule has 144 valence electrons. The summed E-state index contributed by atoms with van der Waals surface area (Å²) in [5.74, 6) is -0.950. The van der Waals surface area contributed by atoms with Gasteiger partial charge in [0.2, 0.25) is 0 Å². The van der Waals surface area contributed by atoms with Gasteiger partial charge in [0.15, 0.2) is 4.80 Å². The molecule has 28 heavy (non-hydrogen) atoms. The third-order valence-electron chi connectivity index (χ3n) is 4.11. The first kappa shape index (κ1) is 19.4. The summed E-state index contributed by atoms with van der Waals surface area (Å²) in [7, 11) is 1.32. The number of aryl methyl sites for hydroxylation is 2. The summed E-state index contributed by atoms with van der Waals surface area (Å²) < 4.78 is 7.40. The fourth-order valence-electron chi connectivity index (χ4n) is 2.69. The molecule has 0 radical (unpaired) electrons. The Kier molecular flexibility index (Phi) is 5.65. The summed E-state index contributed by atoms with van der Waals surface area (Å²) >= 11 is 1.32. The van der Waals surface area contributed by atoms with Crippen molar-refractivity contribution in [2.45, 2.75) is 19.9 Å². The van der Waals surface area contributed by atoms with Crippen LogP contribution in [0.1, 0.15) is 22.3 Å². The van der Waals surface area contributed by atoms with Crippen LogP contribution in [-0.4, -0.2) is 28.5 Å². The lowest BCUT2D eigenvalue weighted by atomic mass is 10.2. The van der Waals surface area contributed by atoms with Crippen LogP contribution in [0.15, 0.2) is 47.5 Å². The van der Waals surface area contributed by atoms with E-state index in [4.69, 9.17) is 4.74 Å². The highest BCUT2D eigenvalue weighted by Crippen LogP contribution is 2.20. The van der Waals surface area contributed by atoms with E-state index in [-0.39, 0.29) is 23.6 Å². The van der Waals surface area contributed by atoms with Gasteiger partial charge in [-0.2, -0.15) is 4.99 Å². The number of carbonyl (C=O) groups excluding carboxylic acids is 2. The molecule has 0 aliphatic carbocycles. The van der Waals surface area contributed by atoms with E-state index < -0.39 is 10.8 Å². The van der Waals surface area contributed by atoms with Crippen LogP contribution < -0.4 is 4.80 Å². The summed E-state index contributed by atoms with van der Waals surface area (Å²) in [5, 5.41) is 10.9. The molecule has 0 bridgehead atoms. The van der Waals surface area contributed by atoms with Crippen LogP contribution in [0.2, 0.25) is 0 Å². The molecule has 1 heterocycles. The maximum Gasteiger partial charge on any atom is 0.307 e. The van der Waals surface area contributed by atoms with Crippen molar-refractivity contribution in [2.24, 2.45) is 4.99 Å². The highest BCUT2D eigenvalue weighted by molar-refractivity contribution is 7.16. The van der Waals surface area contributed by atoms with Gasteiger partial charge in [0.25, 0.3) is 11.6 Å². The van der Waals surface area contributed by atoms with Crippen molar-refractivity contribution < 1.29 is 19.2 Å². The Hall–Kier alpha value is -3.33. The summed E-state index contributed by atoms with van der Waals surface area (Å²) in [4.78, 5) is 39.1. The number of ether oxygens (including phenoxy) is 1. The van der Waals surface area contributed by atoms with Gasteiger partial charge in [-0.3, -0.25) is 19.7 Å². The van der Waals surface area contributed by atoms with Crippen molar-refractivity contribution in [3.05, 3.63) is 68.5 Å². The number of rotatable bonds is 5. The summed E-state index contributed by atoms with van der Waals surface area (Å²) in [6.07, 6.45) is 0.133. The van der Waals surface area contributed by atoms with Crippen molar-refractivity contribution in [2.75, 3.05) is 7.11 Å². The lowest BCUT2D eigenvalue weighted by Crippen LogP contribution is -2.19. The number of nitrogens with zero attached hydrogens (tertiary/aromatic N) is 3. The normalized spacial score (nSPS) is 11.6. The van der Waals surface area contributed by atoms with Crippen LogP contribution in [0.25, 0.3) is 10.2 Å². The molecule has 8 nitrogen and oxygen atoms in total. The summed E-state index contributed by atoms with van der Waals surface area (Å²) in [6, 6.07) is 11.3. The molecule has 0 spiro atoms. The van der Waals surface area contributed by atoms with E-state index >= 15 is 0 Å². The number of aromatic nitrogens is 1. The van der Waals surface area contributed by atoms with Gasteiger partial charge in [-0.15, -0.1) is 0 Å². The topological polar surface area (TPSA) is 104 Å². The van der Waals surface area contributed by atoms with E-state index in [2.05, 4.69) is 4.99 Å². The molecule has 9 heteroatoms. The monoisotopic (exact) mass is 399 g/mol. The lowest BCUT2D eigenvalue weighted by molar-refractivity contribution is -0.384. The second kappa shape index (κ2) is 8.13. The number of nitro benzene ring substituents is 1. The Balaban J connectivity index is 2.07. The number of nitro groups is 1. The Morgan fingerprint density at radius 2 is 2.04 bits per heavy atom. The van der Waals surface area contributed by atoms with Gasteiger partial charge in [-0.05, 0) is 30.7 Å². The van der Waals surface area contributed by atoms with Gasteiger partial charge in [-0.25, -0.2) is 0 Å². The number of methoxy groups -OCH3 is 1. The van der Waals surface area contributed by atoms with E-state index in [0.717, 1.165) is 15.8 Å². The average Bonchev–Trinajstić information content (AvgIpc) is 3.01. The SMILES string of the molecule is COC(=O)CCn1c(=NC(=O)c2cccc([N+](=O)[O-])c2)sc2cc(C)ccc21. The highest BCUT2D eigenvalue weighted by atomic mass is 32.1. The number of thiazole rings is 1. The second-order valence-corrected chi connectivity index (χ2v) is 7.07. The molecule has 0 unspecified atom stereocenters. The van der Waals surface area contributed by atoms with Crippen LogP contribution in [-0.2, 0) is 16.1 Å². The fraction of sp³-hybridized carbons (Fsp3) is 0.211. The first-order valence-electron chi connectivity index (χ1n) is 8.39. The van der Waals surface area contributed by atoms with Gasteiger partial charge >= 0.3 is 5.97 Å². The predicted octanol–water partition coefficient (Wildman–Crippen LogP) is 3.22. The standard InChI is InChI=1S/C19H17N3O5S/c1-12-6-7-15-16(10-12)28-19(21(15)9-8-17(23)27-2)20-18(24)13-4-3-5-14(11-13)22(25)26/h3-7,10-11H,8-9H2,1-2H3. The molecule has 3 aromatic rings. The van der Waals surface area contributed by atoms with Gasteiger partial charge < -0.3 is 9.30 Å². The number of amides is 1. The first-order chi connectivity index (χ1) is 13.4. The van der Waals surface area contributed by atoms with Crippen LogP contribution in [0, 0.1) is 17.0 Å². The molecular weight excluding hydrogens is 382 g/mol. The summed E-state index contributed by atoms with van der Waals surface area (Å²) in [5.41, 5.74) is 1.87. The molecule has 1 amide bonds. The van der Waals surface area contributed by atoms with E-state index in [9.17, 15) is 19.7 Å². The minimum atomic E-state index is -0.584.